The largest absolute Gasteiger partial charge is 0.478 e. The molecule has 4 aromatic rings. The van der Waals surface area contributed by atoms with Crippen LogP contribution in [0.15, 0.2) is 60.8 Å². The quantitative estimate of drug-likeness (QED) is 0.498. The van der Waals surface area contributed by atoms with Crippen LogP contribution < -0.4 is 0 Å². The molecule has 0 saturated carbocycles. The van der Waals surface area contributed by atoms with Gasteiger partial charge < -0.3 is 10.2 Å². The molecule has 0 aliphatic heterocycles. The van der Waals surface area contributed by atoms with Crippen molar-refractivity contribution in [1.29, 1.82) is 0 Å². The lowest BCUT2D eigenvalue weighted by Crippen LogP contribution is -2.33. The number of aromatic carboxylic acids is 1. The van der Waals surface area contributed by atoms with Crippen molar-refractivity contribution in [2.24, 2.45) is 0 Å². The number of rotatable bonds is 5. The molecule has 2 aromatic heterocycles. The molecule has 0 atom stereocenters. The van der Waals surface area contributed by atoms with Crippen LogP contribution in [0.25, 0.3) is 5.52 Å². The monoisotopic (exact) mass is 422 g/mol. The van der Waals surface area contributed by atoms with Gasteiger partial charge in [-0.1, -0.05) is 43.3 Å². The minimum absolute atomic E-state index is 0.0483. The van der Waals surface area contributed by atoms with Crippen LogP contribution in [0.3, 0.4) is 0 Å². The van der Waals surface area contributed by atoms with E-state index in [9.17, 15) is 23.8 Å². The fourth-order valence-corrected chi connectivity index (χ4v) is 4.02. The number of hydrogen-bond donors (Lipinski definition) is 2. The number of halogens is 2. The van der Waals surface area contributed by atoms with E-state index in [0.717, 1.165) is 0 Å². The topological polar surface area (TPSA) is 74.8 Å². The lowest BCUT2D eigenvalue weighted by molar-refractivity contribution is 0.0696. The maximum atomic E-state index is 14.9. The molecule has 0 saturated heterocycles. The van der Waals surface area contributed by atoms with Gasteiger partial charge in [0.2, 0.25) is 0 Å². The smallest absolute Gasteiger partial charge is 0.336 e. The summed E-state index contributed by atoms with van der Waals surface area (Å²) in [5, 5.41) is 26.0. The molecule has 0 fully saturated rings. The lowest BCUT2D eigenvalue weighted by atomic mass is 9.80. The standard InChI is InChI=1S/C24H20F2N2O3/c1-3-15-21-12-16(23(29)30)14(2)13-28(21)27-22(15)24(31,17-8-4-6-10-19(17)25)18-9-5-7-11-20(18)26/h4-13,31H,3H2,1-2H3,(H,29,30). The highest BCUT2D eigenvalue weighted by Gasteiger charge is 2.42. The number of carboxylic acids is 1. The molecule has 0 aliphatic rings. The molecule has 2 heterocycles. The molecule has 158 valence electrons. The molecule has 0 radical (unpaired) electrons. The van der Waals surface area contributed by atoms with Gasteiger partial charge in [0.25, 0.3) is 0 Å². The van der Waals surface area contributed by atoms with Crippen molar-refractivity contribution in [3.8, 4) is 0 Å². The highest BCUT2D eigenvalue weighted by atomic mass is 19.1. The number of benzene rings is 2. The van der Waals surface area contributed by atoms with E-state index in [1.165, 1.54) is 53.2 Å². The van der Waals surface area contributed by atoms with Gasteiger partial charge >= 0.3 is 5.97 Å². The summed E-state index contributed by atoms with van der Waals surface area (Å²) in [5.74, 6) is -2.52. The third kappa shape index (κ3) is 3.18. The molecule has 2 N–H and O–H groups in total. The fourth-order valence-electron chi connectivity index (χ4n) is 4.02. The van der Waals surface area contributed by atoms with Crippen LogP contribution in [0.2, 0.25) is 0 Å². The molecule has 31 heavy (non-hydrogen) atoms. The number of fused-ring (bicyclic) bond motifs is 1. The number of aryl methyl sites for hydroxylation is 2. The zero-order valence-corrected chi connectivity index (χ0v) is 16.9. The highest BCUT2D eigenvalue weighted by molar-refractivity contribution is 5.91. The normalized spacial score (nSPS) is 11.8. The summed E-state index contributed by atoms with van der Waals surface area (Å²) in [5.41, 5.74) is -0.964. The van der Waals surface area contributed by atoms with Crippen molar-refractivity contribution in [3.05, 3.63) is 106 Å². The molecule has 5 nitrogen and oxygen atoms in total. The molecular weight excluding hydrogens is 402 g/mol. The van der Waals surface area contributed by atoms with E-state index in [2.05, 4.69) is 5.10 Å². The summed E-state index contributed by atoms with van der Waals surface area (Å²) in [6.07, 6.45) is 1.89. The summed E-state index contributed by atoms with van der Waals surface area (Å²) in [6, 6.07) is 12.7. The zero-order valence-electron chi connectivity index (χ0n) is 16.9. The molecule has 0 bridgehead atoms. The molecule has 0 unspecified atom stereocenters. The zero-order chi connectivity index (χ0) is 22.3. The van der Waals surface area contributed by atoms with Gasteiger partial charge in [-0.3, -0.25) is 0 Å². The Morgan fingerprint density at radius 3 is 2.10 bits per heavy atom. The molecule has 0 aliphatic carbocycles. The van der Waals surface area contributed by atoms with Gasteiger partial charge in [-0.15, -0.1) is 0 Å². The Labute approximate surface area is 177 Å². The molecule has 4 rings (SSSR count). The molecule has 0 amide bonds. The van der Waals surface area contributed by atoms with Crippen molar-refractivity contribution in [3.63, 3.8) is 0 Å². The number of carboxylic acid groups (broad SMARTS) is 1. The Morgan fingerprint density at radius 2 is 1.61 bits per heavy atom. The van der Waals surface area contributed by atoms with Crippen LogP contribution in [0.1, 0.15) is 45.2 Å². The third-order valence-corrected chi connectivity index (χ3v) is 5.53. The van der Waals surface area contributed by atoms with E-state index < -0.39 is 23.2 Å². The van der Waals surface area contributed by atoms with Crippen molar-refractivity contribution in [2.75, 3.05) is 0 Å². The lowest BCUT2D eigenvalue weighted by Gasteiger charge is -2.29. The molecule has 7 heteroatoms. The molecular formula is C24H20F2N2O3. The van der Waals surface area contributed by atoms with Crippen LogP contribution in [-0.4, -0.2) is 25.8 Å². The number of aliphatic hydroxyl groups is 1. The van der Waals surface area contributed by atoms with Gasteiger partial charge in [-0.05, 0) is 37.1 Å². The third-order valence-electron chi connectivity index (χ3n) is 5.53. The van der Waals surface area contributed by atoms with E-state index >= 15 is 0 Å². The SMILES string of the molecule is CCc1c(C(O)(c2ccccc2F)c2ccccc2F)nn2cc(C)c(C(=O)O)cc12. The highest BCUT2D eigenvalue weighted by Crippen LogP contribution is 2.41. The number of carbonyl (C=O) groups is 1. The number of pyridine rings is 1. The summed E-state index contributed by atoms with van der Waals surface area (Å²) in [4.78, 5) is 11.6. The Morgan fingerprint density at radius 1 is 1.06 bits per heavy atom. The maximum Gasteiger partial charge on any atom is 0.336 e. The number of hydrogen-bond acceptors (Lipinski definition) is 3. The first-order valence-corrected chi connectivity index (χ1v) is 9.77. The Bertz CT molecular complexity index is 1270. The van der Waals surface area contributed by atoms with Gasteiger partial charge in [0, 0.05) is 22.9 Å². The number of nitrogens with zero attached hydrogens (tertiary/aromatic N) is 2. The minimum atomic E-state index is -2.23. The predicted octanol–water partition coefficient (Wildman–Crippen LogP) is 4.47. The van der Waals surface area contributed by atoms with E-state index in [1.807, 2.05) is 6.92 Å². The van der Waals surface area contributed by atoms with Crippen LogP contribution in [0.5, 0.6) is 0 Å². The van der Waals surface area contributed by atoms with Gasteiger partial charge in [0.1, 0.15) is 17.3 Å². The van der Waals surface area contributed by atoms with Gasteiger partial charge in [0.05, 0.1) is 11.1 Å². The van der Waals surface area contributed by atoms with Crippen molar-refractivity contribution in [1.82, 2.24) is 9.61 Å². The average molecular weight is 422 g/mol. The maximum absolute atomic E-state index is 14.9. The van der Waals surface area contributed by atoms with Gasteiger partial charge in [0.15, 0.2) is 5.60 Å². The second kappa shape index (κ2) is 7.59. The fraction of sp³-hybridized carbons (Fsp3) is 0.167. The van der Waals surface area contributed by atoms with Crippen molar-refractivity contribution >= 4 is 11.5 Å². The van der Waals surface area contributed by atoms with Gasteiger partial charge in [-0.25, -0.2) is 18.1 Å². The Balaban J connectivity index is 2.13. The first-order chi connectivity index (χ1) is 14.8. The molecule has 0 spiro atoms. The van der Waals surface area contributed by atoms with E-state index in [4.69, 9.17) is 0 Å². The van der Waals surface area contributed by atoms with Crippen LogP contribution in [0.4, 0.5) is 8.78 Å². The van der Waals surface area contributed by atoms with E-state index in [0.29, 0.717) is 23.1 Å². The Hall–Kier alpha value is -3.58. The second-order valence-electron chi connectivity index (χ2n) is 7.36. The predicted molar refractivity (Wildman–Crippen MR) is 111 cm³/mol. The van der Waals surface area contributed by atoms with Gasteiger partial charge in [-0.2, -0.15) is 5.10 Å². The van der Waals surface area contributed by atoms with E-state index in [-0.39, 0.29) is 22.4 Å². The van der Waals surface area contributed by atoms with Crippen LogP contribution >= 0.6 is 0 Å². The average Bonchev–Trinajstić information content (AvgIpc) is 3.11. The first kappa shape index (κ1) is 20.7. The van der Waals surface area contributed by atoms with Crippen molar-refractivity contribution in [2.45, 2.75) is 25.9 Å². The summed E-state index contributed by atoms with van der Waals surface area (Å²) in [6.45, 7) is 3.44. The second-order valence-corrected chi connectivity index (χ2v) is 7.36. The minimum Gasteiger partial charge on any atom is -0.478 e. The first-order valence-electron chi connectivity index (χ1n) is 9.77. The van der Waals surface area contributed by atoms with Crippen LogP contribution in [-0.2, 0) is 12.0 Å². The van der Waals surface area contributed by atoms with Crippen molar-refractivity contribution < 1.29 is 23.8 Å². The van der Waals surface area contributed by atoms with Crippen LogP contribution in [0, 0.1) is 18.6 Å². The van der Waals surface area contributed by atoms with E-state index in [1.54, 1.807) is 19.1 Å². The summed E-state index contributed by atoms with van der Waals surface area (Å²) >= 11 is 0. The molecule has 2 aromatic carbocycles. The summed E-state index contributed by atoms with van der Waals surface area (Å²) < 4.78 is 31.3. The Kier molecular flexibility index (Phi) is 5.07. The number of aromatic nitrogens is 2. The summed E-state index contributed by atoms with van der Waals surface area (Å²) in [7, 11) is 0.